The van der Waals surface area contributed by atoms with Gasteiger partial charge in [0.2, 0.25) is 0 Å². The van der Waals surface area contributed by atoms with Crippen molar-refractivity contribution >= 4 is 11.4 Å². The average molecular weight is 220 g/mol. The Hall–Kier alpha value is -1.22. The highest BCUT2D eigenvalue weighted by molar-refractivity contribution is 5.53. The van der Waals surface area contributed by atoms with Gasteiger partial charge >= 0.3 is 0 Å². The molecule has 88 valence electrons. The third kappa shape index (κ3) is 2.30. The zero-order chi connectivity index (χ0) is 11.5. The average Bonchev–Trinajstić information content (AvgIpc) is 2.62. The van der Waals surface area contributed by atoms with Gasteiger partial charge in [-0.25, -0.2) is 0 Å². The summed E-state index contributed by atoms with van der Waals surface area (Å²) in [5.74, 6) is 1.33. The van der Waals surface area contributed by atoms with Gasteiger partial charge in [0.25, 0.3) is 0 Å². The fourth-order valence-electron chi connectivity index (χ4n) is 2.36. The van der Waals surface area contributed by atoms with Crippen molar-refractivity contribution in [2.45, 2.75) is 6.92 Å². The zero-order valence-electron chi connectivity index (χ0n) is 10.0. The van der Waals surface area contributed by atoms with Crippen LogP contribution in [0.25, 0.3) is 0 Å². The van der Waals surface area contributed by atoms with Crippen LogP contribution in [0.4, 0.5) is 11.4 Å². The van der Waals surface area contributed by atoms with Gasteiger partial charge in [-0.1, -0.05) is 6.92 Å². The molecule has 1 aromatic carbocycles. The van der Waals surface area contributed by atoms with E-state index in [4.69, 9.17) is 10.5 Å². The van der Waals surface area contributed by atoms with E-state index in [1.54, 1.807) is 7.11 Å². The molecule has 0 unspecified atom stereocenters. The maximum absolute atomic E-state index is 5.69. The molecule has 3 heteroatoms. The Kier molecular flexibility index (Phi) is 3.34. The van der Waals surface area contributed by atoms with Gasteiger partial charge in [-0.05, 0) is 30.2 Å². The first-order valence-corrected chi connectivity index (χ1v) is 5.80. The van der Waals surface area contributed by atoms with Gasteiger partial charge in [0.15, 0.2) is 0 Å². The van der Waals surface area contributed by atoms with Gasteiger partial charge in [0, 0.05) is 37.5 Å². The molecule has 0 aliphatic carbocycles. The highest BCUT2D eigenvalue weighted by atomic mass is 16.5. The Morgan fingerprint density at radius 3 is 2.62 bits per heavy atom. The summed E-state index contributed by atoms with van der Waals surface area (Å²) in [6.07, 6.45) is 0. The number of benzene rings is 1. The number of nitrogen functional groups attached to an aromatic ring is 1. The van der Waals surface area contributed by atoms with E-state index >= 15 is 0 Å². The molecular formula is C13H20N2O. The third-order valence-electron chi connectivity index (χ3n) is 3.41. The molecule has 1 aromatic rings. The van der Waals surface area contributed by atoms with Gasteiger partial charge in [0.1, 0.15) is 0 Å². The molecule has 0 amide bonds. The van der Waals surface area contributed by atoms with Crippen LogP contribution >= 0.6 is 0 Å². The Balaban J connectivity index is 2.04. The standard InChI is InChI=1S/C13H20N2O/c1-10-7-15(8-11(10)9-16-2)13-5-3-12(14)4-6-13/h3-6,10-11H,7-9,14H2,1-2H3/t10-,11+/m1/s1. The van der Waals surface area contributed by atoms with E-state index in [-0.39, 0.29) is 0 Å². The van der Waals surface area contributed by atoms with Crippen LogP contribution < -0.4 is 10.6 Å². The normalized spacial score (nSPS) is 25.0. The number of nitrogens with zero attached hydrogens (tertiary/aromatic N) is 1. The van der Waals surface area contributed by atoms with Crippen molar-refractivity contribution in [2.24, 2.45) is 11.8 Å². The minimum atomic E-state index is 0.641. The summed E-state index contributed by atoms with van der Waals surface area (Å²) in [5, 5.41) is 0. The van der Waals surface area contributed by atoms with Crippen LogP contribution in [-0.4, -0.2) is 26.8 Å². The van der Waals surface area contributed by atoms with Crippen LogP contribution in [0.5, 0.6) is 0 Å². The molecule has 1 fully saturated rings. The summed E-state index contributed by atoms with van der Waals surface area (Å²) in [4.78, 5) is 2.41. The lowest BCUT2D eigenvalue weighted by Crippen LogP contribution is -2.20. The largest absolute Gasteiger partial charge is 0.399 e. The number of methoxy groups -OCH3 is 1. The lowest BCUT2D eigenvalue weighted by molar-refractivity contribution is 0.144. The predicted octanol–water partition coefficient (Wildman–Crippen LogP) is 1.99. The number of hydrogen-bond donors (Lipinski definition) is 1. The van der Waals surface area contributed by atoms with Crippen LogP contribution in [0, 0.1) is 11.8 Å². The second kappa shape index (κ2) is 4.74. The van der Waals surface area contributed by atoms with Crippen molar-refractivity contribution < 1.29 is 4.74 Å². The SMILES string of the molecule is COC[C@@H]1CN(c2ccc(N)cc2)C[C@H]1C. The zero-order valence-corrected chi connectivity index (χ0v) is 10.0. The van der Waals surface area contributed by atoms with E-state index in [9.17, 15) is 0 Å². The first kappa shape index (κ1) is 11.3. The minimum Gasteiger partial charge on any atom is -0.399 e. The molecule has 2 rings (SSSR count). The minimum absolute atomic E-state index is 0.641. The molecule has 0 bridgehead atoms. The smallest absolute Gasteiger partial charge is 0.0510 e. The molecule has 16 heavy (non-hydrogen) atoms. The van der Waals surface area contributed by atoms with E-state index in [1.165, 1.54) is 5.69 Å². The quantitative estimate of drug-likeness (QED) is 0.792. The van der Waals surface area contributed by atoms with Crippen molar-refractivity contribution in [1.82, 2.24) is 0 Å². The molecular weight excluding hydrogens is 200 g/mol. The summed E-state index contributed by atoms with van der Waals surface area (Å²) in [5.41, 5.74) is 7.78. The predicted molar refractivity (Wildman–Crippen MR) is 67.6 cm³/mol. The van der Waals surface area contributed by atoms with Crippen LogP contribution in [0.15, 0.2) is 24.3 Å². The van der Waals surface area contributed by atoms with Gasteiger partial charge in [-0.2, -0.15) is 0 Å². The summed E-state index contributed by atoms with van der Waals surface area (Å²) in [6, 6.07) is 8.11. The Labute approximate surface area is 97.2 Å². The maximum atomic E-state index is 5.69. The van der Waals surface area contributed by atoms with Gasteiger partial charge in [0.05, 0.1) is 6.61 Å². The molecule has 0 saturated carbocycles. The number of hydrogen-bond acceptors (Lipinski definition) is 3. The molecule has 0 radical (unpaired) electrons. The summed E-state index contributed by atoms with van der Waals surface area (Å²) >= 11 is 0. The van der Waals surface area contributed by atoms with E-state index in [2.05, 4.69) is 24.0 Å². The van der Waals surface area contributed by atoms with Crippen LogP contribution in [0.3, 0.4) is 0 Å². The Morgan fingerprint density at radius 1 is 1.31 bits per heavy atom. The summed E-state index contributed by atoms with van der Waals surface area (Å²) in [7, 11) is 1.78. The fourth-order valence-corrected chi connectivity index (χ4v) is 2.36. The number of anilines is 2. The third-order valence-corrected chi connectivity index (χ3v) is 3.41. The number of rotatable bonds is 3. The molecule has 0 aromatic heterocycles. The molecule has 2 N–H and O–H groups in total. The van der Waals surface area contributed by atoms with Crippen molar-refractivity contribution in [3.05, 3.63) is 24.3 Å². The van der Waals surface area contributed by atoms with Crippen molar-refractivity contribution in [3.63, 3.8) is 0 Å². The summed E-state index contributed by atoms with van der Waals surface area (Å²) < 4.78 is 5.25. The first-order chi connectivity index (χ1) is 7.70. The molecule has 1 heterocycles. The van der Waals surface area contributed by atoms with Gasteiger partial charge in [-0.3, -0.25) is 0 Å². The second-order valence-electron chi connectivity index (χ2n) is 4.69. The molecule has 2 atom stereocenters. The number of nitrogens with two attached hydrogens (primary N) is 1. The van der Waals surface area contributed by atoms with Crippen LogP contribution in [-0.2, 0) is 4.74 Å². The van der Waals surface area contributed by atoms with Crippen molar-refractivity contribution in [2.75, 3.05) is 37.4 Å². The molecule has 1 saturated heterocycles. The topological polar surface area (TPSA) is 38.5 Å². The Bertz CT molecular complexity index is 336. The van der Waals surface area contributed by atoms with E-state index in [0.717, 1.165) is 25.4 Å². The van der Waals surface area contributed by atoms with Crippen molar-refractivity contribution in [3.8, 4) is 0 Å². The molecule has 1 aliphatic rings. The highest BCUT2D eigenvalue weighted by Crippen LogP contribution is 2.28. The maximum Gasteiger partial charge on any atom is 0.0510 e. The molecule has 3 nitrogen and oxygen atoms in total. The lowest BCUT2D eigenvalue weighted by Gasteiger charge is -2.18. The van der Waals surface area contributed by atoms with E-state index in [1.807, 2.05) is 12.1 Å². The van der Waals surface area contributed by atoms with Gasteiger partial charge in [-0.15, -0.1) is 0 Å². The lowest BCUT2D eigenvalue weighted by atomic mass is 10.00. The second-order valence-corrected chi connectivity index (χ2v) is 4.69. The van der Waals surface area contributed by atoms with E-state index < -0.39 is 0 Å². The monoisotopic (exact) mass is 220 g/mol. The van der Waals surface area contributed by atoms with Crippen LogP contribution in [0.1, 0.15) is 6.92 Å². The number of ether oxygens (including phenoxy) is 1. The van der Waals surface area contributed by atoms with Crippen LogP contribution in [0.2, 0.25) is 0 Å². The first-order valence-electron chi connectivity index (χ1n) is 5.80. The van der Waals surface area contributed by atoms with Gasteiger partial charge < -0.3 is 15.4 Å². The molecule has 0 spiro atoms. The highest BCUT2D eigenvalue weighted by Gasteiger charge is 2.29. The Morgan fingerprint density at radius 2 is 2.00 bits per heavy atom. The van der Waals surface area contributed by atoms with E-state index in [0.29, 0.717) is 11.8 Å². The van der Waals surface area contributed by atoms with Crippen molar-refractivity contribution in [1.29, 1.82) is 0 Å². The summed E-state index contributed by atoms with van der Waals surface area (Å²) in [6.45, 7) is 5.34. The molecule has 1 aliphatic heterocycles. The fraction of sp³-hybridized carbons (Fsp3) is 0.538.